The first-order chi connectivity index (χ1) is 18.5. The Labute approximate surface area is 231 Å². The van der Waals surface area contributed by atoms with Crippen molar-refractivity contribution in [1.29, 1.82) is 0 Å². The Bertz CT molecular complexity index is 770. The fraction of sp³-hybridized carbons (Fsp3) is 0.786. The van der Waals surface area contributed by atoms with E-state index in [9.17, 15) is 33.9 Å². The van der Waals surface area contributed by atoms with Gasteiger partial charge in [0.15, 0.2) is 0 Å². The highest BCUT2D eigenvalue weighted by atomic mass is 16.4. The van der Waals surface area contributed by atoms with Gasteiger partial charge in [0.25, 0.3) is 0 Å². The second kappa shape index (κ2) is 23.0. The molecule has 0 saturated heterocycles. The van der Waals surface area contributed by atoms with Crippen molar-refractivity contribution in [2.45, 2.75) is 141 Å². The van der Waals surface area contributed by atoms with Crippen molar-refractivity contribution in [3.05, 3.63) is 0 Å². The molecule has 2 atom stereocenters. The molecule has 0 rings (SSSR count). The average Bonchev–Trinajstić information content (AvgIpc) is 2.85. The van der Waals surface area contributed by atoms with Gasteiger partial charge < -0.3 is 30.7 Å². The van der Waals surface area contributed by atoms with Crippen molar-refractivity contribution >= 4 is 35.5 Å². The van der Waals surface area contributed by atoms with Crippen LogP contribution in [-0.4, -0.2) is 62.9 Å². The minimum absolute atomic E-state index is 0.0109. The number of amides is 2. The summed E-state index contributed by atoms with van der Waals surface area (Å²) >= 11 is 0. The number of carbonyl (C=O) groups is 6. The van der Waals surface area contributed by atoms with Crippen molar-refractivity contribution in [3.8, 4) is 0 Å². The van der Waals surface area contributed by atoms with Gasteiger partial charge in [-0.05, 0) is 39.0 Å². The average molecular weight is 557 g/mol. The highest BCUT2D eigenvalue weighted by molar-refractivity contribution is 5.85. The zero-order valence-electron chi connectivity index (χ0n) is 23.4. The standard InChI is InChI=1S/C28H48N2O9/c1-21(31)19-20-23(28(38)39)30-25(33)17-14-15-22(27(36)37)29-24(32)16-12-10-8-6-4-2-3-5-7-9-11-13-18-26(34)35/h22-23H,2-20H2,1H3,(H,29,32)(H,30,33)(H,34,35)(H,36,37)(H,38,39)/t22-,23-/m0/s1. The van der Waals surface area contributed by atoms with Gasteiger partial charge in [-0.25, -0.2) is 9.59 Å². The van der Waals surface area contributed by atoms with Gasteiger partial charge in [0.2, 0.25) is 11.8 Å². The quantitative estimate of drug-likeness (QED) is 0.0972. The first-order valence-corrected chi connectivity index (χ1v) is 14.3. The lowest BCUT2D eigenvalue weighted by molar-refractivity contribution is -0.142. The summed E-state index contributed by atoms with van der Waals surface area (Å²) in [5.41, 5.74) is 0. The summed E-state index contributed by atoms with van der Waals surface area (Å²) in [7, 11) is 0. The molecular formula is C28H48N2O9. The van der Waals surface area contributed by atoms with Gasteiger partial charge in [-0.1, -0.05) is 64.2 Å². The van der Waals surface area contributed by atoms with Gasteiger partial charge in [0.05, 0.1) is 0 Å². The summed E-state index contributed by atoms with van der Waals surface area (Å²) in [6.45, 7) is 1.34. The summed E-state index contributed by atoms with van der Waals surface area (Å²) in [6.07, 6.45) is 12.9. The van der Waals surface area contributed by atoms with Crippen molar-refractivity contribution in [2.75, 3.05) is 0 Å². The smallest absolute Gasteiger partial charge is 0.326 e. The largest absolute Gasteiger partial charge is 0.481 e. The fourth-order valence-corrected chi connectivity index (χ4v) is 4.19. The van der Waals surface area contributed by atoms with Crippen molar-refractivity contribution in [2.24, 2.45) is 0 Å². The monoisotopic (exact) mass is 556 g/mol. The van der Waals surface area contributed by atoms with E-state index in [4.69, 9.17) is 10.2 Å². The molecular weight excluding hydrogens is 508 g/mol. The molecule has 0 fully saturated rings. The summed E-state index contributed by atoms with van der Waals surface area (Å²) in [5, 5.41) is 32.0. The molecule has 0 unspecified atom stereocenters. The first-order valence-electron chi connectivity index (χ1n) is 14.3. The van der Waals surface area contributed by atoms with Crippen LogP contribution in [0.25, 0.3) is 0 Å². The van der Waals surface area contributed by atoms with E-state index < -0.39 is 35.9 Å². The third-order valence-corrected chi connectivity index (χ3v) is 6.49. The van der Waals surface area contributed by atoms with Crippen molar-refractivity contribution < 1.29 is 44.1 Å². The van der Waals surface area contributed by atoms with Crippen molar-refractivity contribution in [3.63, 3.8) is 0 Å². The van der Waals surface area contributed by atoms with E-state index in [-0.39, 0.29) is 56.6 Å². The molecule has 0 spiro atoms. The fourth-order valence-electron chi connectivity index (χ4n) is 4.19. The van der Waals surface area contributed by atoms with Crippen LogP contribution in [0.4, 0.5) is 0 Å². The Hall–Kier alpha value is -2.98. The number of carbonyl (C=O) groups excluding carboxylic acids is 3. The van der Waals surface area contributed by atoms with Crippen LogP contribution < -0.4 is 10.6 Å². The second-order valence-electron chi connectivity index (χ2n) is 10.2. The number of hydrogen-bond donors (Lipinski definition) is 5. The normalized spacial score (nSPS) is 12.3. The minimum Gasteiger partial charge on any atom is -0.481 e. The minimum atomic E-state index is -1.24. The highest BCUT2D eigenvalue weighted by Gasteiger charge is 2.22. The van der Waals surface area contributed by atoms with Crippen LogP contribution in [0.1, 0.15) is 129 Å². The number of carboxylic acid groups (broad SMARTS) is 3. The molecule has 39 heavy (non-hydrogen) atoms. The molecule has 0 aliphatic heterocycles. The number of carboxylic acids is 3. The Morgan fingerprint density at radius 3 is 1.23 bits per heavy atom. The van der Waals surface area contributed by atoms with Gasteiger partial charge in [-0.15, -0.1) is 0 Å². The van der Waals surface area contributed by atoms with Crippen LogP contribution in [0.15, 0.2) is 0 Å². The predicted octanol–water partition coefficient (Wildman–Crippen LogP) is 4.21. The Morgan fingerprint density at radius 2 is 0.846 bits per heavy atom. The molecule has 0 saturated carbocycles. The molecule has 0 aromatic carbocycles. The number of Topliss-reactive ketones (excluding diaryl/α,β-unsaturated/α-hetero) is 1. The van der Waals surface area contributed by atoms with Gasteiger partial charge in [-0.3, -0.25) is 14.4 Å². The van der Waals surface area contributed by atoms with E-state index in [0.717, 1.165) is 51.4 Å². The summed E-state index contributed by atoms with van der Waals surface area (Å²) < 4.78 is 0. The molecule has 0 bridgehead atoms. The van der Waals surface area contributed by atoms with E-state index in [1.54, 1.807) is 0 Å². The molecule has 0 heterocycles. The van der Waals surface area contributed by atoms with Crippen LogP contribution in [0.3, 0.4) is 0 Å². The molecule has 11 heteroatoms. The first kappa shape index (κ1) is 36.0. The predicted molar refractivity (Wildman–Crippen MR) is 145 cm³/mol. The molecule has 0 aliphatic carbocycles. The van der Waals surface area contributed by atoms with Gasteiger partial charge in [-0.2, -0.15) is 0 Å². The van der Waals surface area contributed by atoms with E-state index in [1.807, 2.05) is 0 Å². The third-order valence-electron chi connectivity index (χ3n) is 6.49. The Kier molecular flexibility index (Phi) is 21.2. The topological polar surface area (TPSA) is 187 Å². The zero-order chi connectivity index (χ0) is 29.5. The number of rotatable bonds is 26. The highest BCUT2D eigenvalue weighted by Crippen LogP contribution is 2.13. The molecule has 5 N–H and O–H groups in total. The van der Waals surface area contributed by atoms with Crippen LogP contribution in [0, 0.1) is 0 Å². The molecule has 0 radical (unpaired) electrons. The van der Waals surface area contributed by atoms with Crippen LogP contribution in [-0.2, 0) is 28.8 Å². The Balaban J connectivity index is 3.92. The van der Waals surface area contributed by atoms with Gasteiger partial charge >= 0.3 is 17.9 Å². The van der Waals surface area contributed by atoms with E-state index in [2.05, 4.69) is 10.6 Å². The number of unbranched alkanes of at least 4 members (excludes halogenated alkanes) is 11. The van der Waals surface area contributed by atoms with E-state index >= 15 is 0 Å². The number of ketones is 1. The zero-order valence-corrected chi connectivity index (χ0v) is 23.4. The lowest BCUT2D eigenvalue weighted by Crippen LogP contribution is -2.42. The van der Waals surface area contributed by atoms with Gasteiger partial charge in [0, 0.05) is 25.7 Å². The summed E-state index contributed by atoms with van der Waals surface area (Å²) in [6, 6.07) is -2.29. The SMILES string of the molecule is CC(=O)CC[C@H](NC(=O)CCC[C@H](NC(=O)CCCCCCCCCCCCCCC(=O)O)C(=O)O)C(=O)O. The maximum absolute atomic E-state index is 12.2. The number of aliphatic carboxylic acids is 3. The summed E-state index contributed by atoms with van der Waals surface area (Å²) in [4.78, 5) is 68.4. The lowest BCUT2D eigenvalue weighted by atomic mass is 10.0. The molecule has 0 aliphatic rings. The van der Waals surface area contributed by atoms with Gasteiger partial charge in [0.1, 0.15) is 17.9 Å². The molecule has 0 aromatic heterocycles. The van der Waals surface area contributed by atoms with Crippen molar-refractivity contribution in [1.82, 2.24) is 10.6 Å². The second-order valence-corrected chi connectivity index (χ2v) is 10.2. The molecule has 224 valence electrons. The summed E-state index contributed by atoms with van der Waals surface area (Å²) in [5.74, 6) is -4.22. The third kappa shape index (κ3) is 22.7. The van der Waals surface area contributed by atoms with Crippen LogP contribution in [0.5, 0.6) is 0 Å². The van der Waals surface area contributed by atoms with E-state index in [0.29, 0.717) is 6.42 Å². The van der Waals surface area contributed by atoms with E-state index in [1.165, 1.54) is 26.2 Å². The van der Waals surface area contributed by atoms with Crippen LogP contribution >= 0.6 is 0 Å². The molecule has 2 amide bonds. The van der Waals surface area contributed by atoms with Crippen LogP contribution in [0.2, 0.25) is 0 Å². The number of hydrogen-bond acceptors (Lipinski definition) is 6. The maximum Gasteiger partial charge on any atom is 0.326 e. The molecule has 11 nitrogen and oxygen atoms in total. The molecule has 0 aromatic rings. The maximum atomic E-state index is 12.2. The Morgan fingerprint density at radius 1 is 0.487 bits per heavy atom. The lowest BCUT2D eigenvalue weighted by Gasteiger charge is -2.16. The number of nitrogens with one attached hydrogen (secondary N) is 2.